The summed E-state index contributed by atoms with van der Waals surface area (Å²) >= 11 is 0. The molecular weight excluding hydrogens is 741 g/mol. The molecule has 0 aliphatic carbocycles. The highest BCUT2D eigenvalue weighted by Crippen LogP contribution is 2.41. The molecule has 2 aromatic heterocycles. The molecule has 0 bridgehead atoms. The maximum absolute atomic E-state index is 6.53. The van der Waals surface area contributed by atoms with Gasteiger partial charge in [-0.1, -0.05) is 152 Å². The number of aryl methyl sites for hydroxylation is 2. The summed E-state index contributed by atoms with van der Waals surface area (Å²) in [5.41, 5.74) is 19.7. The second kappa shape index (κ2) is 15.1. The van der Waals surface area contributed by atoms with Crippen LogP contribution < -0.4 is 0 Å². The molecule has 0 spiro atoms. The van der Waals surface area contributed by atoms with E-state index in [0.717, 1.165) is 71.9 Å². The van der Waals surface area contributed by atoms with Gasteiger partial charge in [-0.2, -0.15) is 0 Å². The lowest BCUT2D eigenvalue weighted by Gasteiger charge is -2.14. The first-order valence-electron chi connectivity index (χ1n) is 20.8. The number of benzene rings is 9. The maximum Gasteiger partial charge on any atom is 0.161 e. The summed E-state index contributed by atoms with van der Waals surface area (Å²) in [6.45, 7) is 4.36. The fraction of sp³-hybridized carbons (Fsp3) is 0.0345. The van der Waals surface area contributed by atoms with Crippen molar-refractivity contribution >= 4 is 32.8 Å². The van der Waals surface area contributed by atoms with E-state index in [1.807, 2.05) is 18.2 Å². The Bertz CT molecular complexity index is 3380. The topological polar surface area (TPSA) is 38.9 Å². The number of aromatic nitrogens is 2. The number of nitrogens with zero attached hydrogens (tertiary/aromatic N) is 2. The van der Waals surface area contributed by atoms with E-state index in [1.54, 1.807) is 0 Å². The highest BCUT2D eigenvalue weighted by Gasteiger charge is 2.19. The molecular formula is C58H40N2O. The molecule has 0 amide bonds. The molecule has 0 saturated heterocycles. The Labute approximate surface area is 355 Å². The first-order chi connectivity index (χ1) is 30.0. The number of hydrogen-bond acceptors (Lipinski definition) is 3. The number of furan rings is 1. The van der Waals surface area contributed by atoms with E-state index in [0.29, 0.717) is 5.82 Å². The molecule has 0 radical (unpaired) electrons. The van der Waals surface area contributed by atoms with E-state index in [2.05, 4.69) is 202 Å². The van der Waals surface area contributed by atoms with Crippen LogP contribution in [0.5, 0.6) is 0 Å². The standard InChI is InChI=1S/C58H40N2O/c1-37-15-9-10-22-48(37)51-35-42(28-27-38(51)2)43-29-30-54-52(36-43)56-50(24-14-26-55(56)61-54)58-59-53-25-12-11-23-49(53)57(60-58)44-21-13-20-41(31-44)47-33-45(39-16-5-3-6-17-39)32-46(34-47)40-18-7-4-8-19-40/h3-36H,1-2H3. The Hall–Kier alpha value is -7.88. The molecule has 288 valence electrons. The quantitative estimate of drug-likeness (QED) is 0.162. The second-order valence-electron chi connectivity index (χ2n) is 15.9. The Morgan fingerprint density at radius 2 is 0.885 bits per heavy atom. The summed E-state index contributed by atoms with van der Waals surface area (Å²) in [7, 11) is 0. The van der Waals surface area contributed by atoms with Crippen LogP contribution in [0.25, 0.3) is 111 Å². The van der Waals surface area contributed by atoms with Gasteiger partial charge in [-0.15, -0.1) is 0 Å². The maximum atomic E-state index is 6.53. The summed E-state index contributed by atoms with van der Waals surface area (Å²) in [6, 6.07) is 73.2. The third-order valence-corrected chi connectivity index (χ3v) is 12.0. The van der Waals surface area contributed by atoms with Crippen LogP contribution in [0.3, 0.4) is 0 Å². The largest absolute Gasteiger partial charge is 0.456 e. The van der Waals surface area contributed by atoms with Crippen LogP contribution in [0, 0.1) is 13.8 Å². The number of rotatable bonds is 7. The zero-order valence-corrected chi connectivity index (χ0v) is 33.9. The summed E-state index contributed by atoms with van der Waals surface area (Å²) in [6.07, 6.45) is 0. The van der Waals surface area contributed by atoms with Crippen LogP contribution in [0.1, 0.15) is 11.1 Å². The van der Waals surface area contributed by atoms with E-state index in [9.17, 15) is 0 Å². The zero-order valence-electron chi connectivity index (χ0n) is 33.9. The molecule has 0 atom stereocenters. The molecule has 11 rings (SSSR count). The van der Waals surface area contributed by atoms with Gasteiger partial charge in [0, 0.05) is 27.3 Å². The van der Waals surface area contributed by atoms with Crippen molar-refractivity contribution in [3.05, 3.63) is 217 Å². The van der Waals surface area contributed by atoms with Crippen LogP contribution in [0.15, 0.2) is 211 Å². The van der Waals surface area contributed by atoms with Gasteiger partial charge < -0.3 is 4.42 Å². The highest BCUT2D eigenvalue weighted by atomic mass is 16.3. The molecule has 9 aromatic carbocycles. The molecule has 0 unspecified atom stereocenters. The second-order valence-corrected chi connectivity index (χ2v) is 15.9. The van der Waals surface area contributed by atoms with Crippen LogP contribution in [-0.2, 0) is 0 Å². The summed E-state index contributed by atoms with van der Waals surface area (Å²) in [5, 5.41) is 3.04. The van der Waals surface area contributed by atoms with Crippen LogP contribution in [-0.4, -0.2) is 9.97 Å². The molecule has 3 heteroatoms. The normalized spacial score (nSPS) is 11.4. The van der Waals surface area contributed by atoms with Gasteiger partial charge in [-0.3, -0.25) is 0 Å². The molecule has 0 fully saturated rings. The number of hydrogen-bond donors (Lipinski definition) is 0. The van der Waals surface area contributed by atoms with Crippen molar-refractivity contribution in [3.63, 3.8) is 0 Å². The van der Waals surface area contributed by atoms with Gasteiger partial charge in [0.05, 0.1) is 11.2 Å². The van der Waals surface area contributed by atoms with Gasteiger partial charge in [0.1, 0.15) is 11.2 Å². The van der Waals surface area contributed by atoms with E-state index >= 15 is 0 Å². The van der Waals surface area contributed by atoms with E-state index in [4.69, 9.17) is 14.4 Å². The molecule has 3 nitrogen and oxygen atoms in total. The molecule has 0 aliphatic rings. The monoisotopic (exact) mass is 780 g/mol. The Kier molecular flexibility index (Phi) is 8.94. The van der Waals surface area contributed by atoms with Crippen molar-refractivity contribution < 1.29 is 4.42 Å². The zero-order chi connectivity index (χ0) is 40.9. The lowest BCUT2D eigenvalue weighted by Crippen LogP contribution is -1.96. The van der Waals surface area contributed by atoms with E-state index in [-0.39, 0.29) is 0 Å². The fourth-order valence-electron chi connectivity index (χ4n) is 8.81. The minimum Gasteiger partial charge on any atom is -0.456 e. The minimum absolute atomic E-state index is 0.660. The summed E-state index contributed by atoms with van der Waals surface area (Å²) in [4.78, 5) is 10.7. The Morgan fingerprint density at radius 1 is 0.328 bits per heavy atom. The first-order valence-corrected chi connectivity index (χ1v) is 20.8. The number of para-hydroxylation sites is 1. The average Bonchev–Trinajstić information content (AvgIpc) is 3.70. The Balaban J connectivity index is 1.05. The molecule has 61 heavy (non-hydrogen) atoms. The van der Waals surface area contributed by atoms with Crippen molar-refractivity contribution in [2.24, 2.45) is 0 Å². The van der Waals surface area contributed by atoms with Gasteiger partial charge in [0.15, 0.2) is 5.82 Å². The third kappa shape index (κ3) is 6.67. The smallest absolute Gasteiger partial charge is 0.161 e. The summed E-state index contributed by atoms with van der Waals surface area (Å²) < 4.78 is 6.53. The first kappa shape index (κ1) is 36.2. The molecule has 11 aromatic rings. The SMILES string of the molecule is Cc1ccccc1-c1cc(-c2ccc3oc4cccc(-c5nc(-c6cccc(-c7cc(-c8ccccc8)cc(-c8ccccc8)c7)c6)c6ccccc6n5)c4c3c2)ccc1C. The van der Waals surface area contributed by atoms with Gasteiger partial charge in [0.2, 0.25) is 0 Å². The summed E-state index contributed by atoms with van der Waals surface area (Å²) in [5.74, 6) is 0.660. The number of fused-ring (bicyclic) bond motifs is 4. The van der Waals surface area contributed by atoms with E-state index < -0.39 is 0 Å². The molecule has 0 aliphatic heterocycles. The predicted molar refractivity (Wildman–Crippen MR) is 254 cm³/mol. The van der Waals surface area contributed by atoms with Crippen molar-refractivity contribution in [1.29, 1.82) is 0 Å². The molecule has 0 saturated carbocycles. The van der Waals surface area contributed by atoms with Crippen molar-refractivity contribution in [1.82, 2.24) is 9.97 Å². The predicted octanol–water partition coefficient (Wildman–Crippen LogP) is 15.8. The minimum atomic E-state index is 0.660. The lowest BCUT2D eigenvalue weighted by atomic mass is 9.92. The van der Waals surface area contributed by atoms with Gasteiger partial charge >= 0.3 is 0 Å². The lowest BCUT2D eigenvalue weighted by molar-refractivity contribution is 0.669. The van der Waals surface area contributed by atoms with Crippen LogP contribution in [0.2, 0.25) is 0 Å². The molecule has 0 N–H and O–H groups in total. The van der Waals surface area contributed by atoms with Crippen molar-refractivity contribution in [3.8, 4) is 78.3 Å². The molecule has 2 heterocycles. The average molecular weight is 781 g/mol. The van der Waals surface area contributed by atoms with Crippen molar-refractivity contribution in [2.45, 2.75) is 13.8 Å². The van der Waals surface area contributed by atoms with E-state index in [1.165, 1.54) is 44.5 Å². The highest BCUT2D eigenvalue weighted by molar-refractivity contribution is 6.13. The van der Waals surface area contributed by atoms with Crippen LogP contribution >= 0.6 is 0 Å². The van der Waals surface area contributed by atoms with Gasteiger partial charge in [-0.05, 0) is 135 Å². The van der Waals surface area contributed by atoms with Crippen LogP contribution in [0.4, 0.5) is 0 Å². The van der Waals surface area contributed by atoms with Gasteiger partial charge in [0.25, 0.3) is 0 Å². The van der Waals surface area contributed by atoms with Gasteiger partial charge in [-0.25, -0.2) is 9.97 Å². The Morgan fingerprint density at radius 3 is 1.66 bits per heavy atom. The van der Waals surface area contributed by atoms with Crippen molar-refractivity contribution in [2.75, 3.05) is 0 Å². The third-order valence-electron chi connectivity index (χ3n) is 12.0. The fourth-order valence-corrected chi connectivity index (χ4v) is 8.81.